The van der Waals surface area contributed by atoms with E-state index in [1.165, 1.54) is 11.3 Å². The van der Waals surface area contributed by atoms with E-state index in [1.807, 2.05) is 25.3 Å². The van der Waals surface area contributed by atoms with E-state index in [1.54, 1.807) is 0 Å². The molecule has 0 aromatic carbocycles. The molecule has 0 aliphatic carbocycles. The minimum Gasteiger partial charge on any atom is -0.388 e. The first-order valence-electron chi connectivity index (χ1n) is 4.41. The lowest BCUT2D eigenvalue weighted by Gasteiger charge is -2.10. The maximum Gasteiger partial charge on any atom is 0.128 e. The average molecular weight is 198 g/mol. The molecule has 2 atom stereocenters. The van der Waals surface area contributed by atoms with Gasteiger partial charge in [-0.1, -0.05) is 13.8 Å². The van der Waals surface area contributed by atoms with Gasteiger partial charge in [-0.15, -0.1) is 11.3 Å². The molecule has 0 spiro atoms. The Morgan fingerprint density at radius 3 is 2.92 bits per heavy atom. The molecular formula is C10H14O2S. The highest BCUT2D eigenvalue weighted by Crippen LogP contribution is 2.30. The Morgan fingerprint density at radius 1 is 1.69 bits per heavy atom. The fourth-order valence-electron chi connectivity index (χ4n) is 1.26. The molecule has 2 nitrogen and oxygen atoms in total. The quantitative estimate of drug-likeness (QED) is 0.755. The number of rotatable bonds is 4. The summed E-state index contributed by atoms with van der Waals surface area (Å²) in [4.78, 5) is 11.6. The standard InChI is InChI=1S/C10H14O2S/c1-3-9(12)8-4-5-13-10(8)7(2)6-11/h4-7,9,12H,3H2,1-2H3. The van der Waals surface area contributed by atoms with Crippen molar-refractivity contribution in [2.45, 2.75) is 32.3 Å². The minimum absolute atomic E-state index is 0.101. The molecule has 0 aliphatic heterocycles. The van der Waals surface area contributed by atoms with Gasteiger partial charge in [0.2, 0.25) is 0 Å². The van der Waals surface area contributed by atoms with Crippen molar-refractivity contribution in [2.24, 2.45) is 0 Å². The van der Waals surface area contributed by atoms with Crippen molar-refractivity contribution in [3.8, 4) is 0 Å². The van der Waals surface area contributed by atoms with Crippen LogP contribution in [0, 0.1) is 0 Å². The van der Waals surface area contributed by atoms with Crippen molar-refractivity contribution < 1.29 is 9.90 Å². The third-order valence-electron chi connectivity index (χ3n) is 2.09. The Morgan fingerprint density at radius 2 is 2.38 bits per heavy atom. The molecule has 1 aromatic rings. The van der Waals surface area contributed by atoms with Crippen molar-refractivity contribution in [3.63, 3.8) is 0 Å². The van der Waals surface area contributed by atoms with Crippen molar-refractivity contribution >= 4 is 17.6 Å². The molecule has 0 saturated heterocycles. The third-order valence-corrected chi connectivity index (χ3v) is 3.22. The predicted octanol–water partition coefficient (Wildman–Crippen LogP) is 2.49. The van der Waals surface area contributed by atoms with Crippen LogP contribution in [0.2, 0.25) is 0 Å². The molecule has 0 amide bonds. The van der Waals surface area contributed by atoms with Gasteiger partial charge in [0, 0.05) is 10.8 Å². The van der Waals surface area contributed by atoms with Gasteiger partial charge in [-0.25, -0.2) is 0 Å². The Hall–Kier alpha value is -0.670. The van der Waals surface area contributed by atoms with E-state index in [0.717, 1.165) is 16.7 Å². The Labute approximate surface area is 82.2 Å². The van der Waals surface area contributed by atoms with Crippen LogP contribution in [-0.2, 0) is 4.79 Å². The highest BCUT2D eigenvalue weighted by Gasteiger charge is 2.16. The van der Waals surface area contributed by atoms with Gasteiger partial charge in [-0.3, -0.25) is 0 Å². The number of carbonyl (C=O) groups excluding carboxylic acids is 1. The van der Waals surface area contributed by atoms with E-state index < -0.39 is 6.10 Å². The third kappa shape index (κ3) is 2.17. The Balaban J connectivity index is 2.94. The number of carbonyl (C=O) groups is 1. The summed E-state index contributed by atoms with van der Waals surface area (Å²) in [6.07, 6.45) is 1.18. The van der Waals surface area contributed by atoms with Crippen LogP contribution in [0.3, 0.4) is 0 Å². The second-order valence-corrected chi connectivity index (χ2v) is 4.04. The van der Waals surface area contributed by atoms with Crippen LogP contribution in [0.15, 0.2) is 11.4 Å². The molecule has 0 bridgehead atoms. The molecule has 0 fully saturated rings. The van der Waals surface area contributed by atoms with Gasteiger partial charge in [0.15, 0.2) is 0 Å². The lowest BCUT2D eigenvalue weighted by atomic mass is 10.0. The zero-order chi connectivity index (χ0) is 9.84. The largest absolute Gasteiger partial charge is 0.388 e. The molecule has 1 N–H and O–H groups in total. The van der Waals surface area contributed by atoms with Crippen molar-refractivity contribution in [2.75, 3.05) is 0 Å². The minimum atomic E-state index is -0.427. The van der Waals surface area contributed by atoms with Gasteiger partial charge in [-0.2, -0.15) is 0 Å². The molecule has 13 heavy (non-hydrogen) atoms. The van der Waals surface area contributed by atoms with Gasteiger partial charge in [0.1, 0.15) is 6.29 Å². The lowest BCUT2D eigenvalue weighted by Crippen LogP contribution is -2.00. The molecule has 3 heteroatoms. The summed E-state index contributed by atoms with van der Waals surface area (Å²) in [5, 5.41) is 11.6. The van der Waals surface area contributed by atoms with E-state index in [0.29, 0.717) is 6.42 Å². The zero-order valence-electron chi connectivity index (χ0n) is 7.86. The highest BCUT2D eigenvalue weighted by molar-refractivity contribution is 7.10. The summed E-state index contributed by atoms with van der Waals surface area (Å²) >= 11 is 1.53. The molecule has 1 heterocycles. The van der Waals surface area contributed by atoms with Crippen LogP contribution in [0.1, 0.15) is 42.7 Å². The van der Waals surface area contributed by atoms with Crippen LogP contribution in [-0.4, -0.2) is 11.4 Å². The Kier molecular flexibility index (Phi) is 3.63. The van der Waals surface area contributed by atoms with Gasteiger partial charge in [0.25, 0.3) is 0 Å². The fourth-order valence-corrected chi connectivity index (χ4v) is 2.23. The first-order valence-corrected chi connectivity index (χ1v) is 5.29. The summed E-state index contributed by atoms with van der Waals surface area (Å²) < 4.78 is 0. The van der Waals surface area contributed by atoms with Crippen molar-refractivity contribution in [1.29, 1.82) is 0 Å². The van der Waals surface area contributed by atoms with E-state index in [4.69, 9.17) is 0 Å². The second-order valence-electron chi connectivity index (χ2n) is 3.09. The normalized spacial score (nSPS) is 15.3. The monoisotopic (exact) mass is 198 g/mol. The van der Waals surface area contributed by atoms with Crippen LogP contribution in [0.5, 0.6) is 0 Å². The number of aliphatic hydroxyl groups is 1. The molecule has 0 radical (unpaired) electrons. The number of aldehydes is 1. The maximum absolute atomic E-state index is 10.6. The van der Waals surface area contributed by atoms with Gasteiger partial charge < -0.3 is 9.90 Å². The zero-order valence-corrected chi connectivity index (χ0v) is 8.67. The van der Waals surface area contributed by atoms with Crippen molar-refractivity contribution in [1.82, 2.24) is 0 Å². The number of thiophene rings is 1. The summed E-state index contributed by atoms with van der Waals surface area (Å²) in [6.45, 7) is 3.78. The Bertz CT molecular complexity index is 280. The smallest absolute Gasteiger partial charge is 0.128 e. The van der Waals surface area contributed by atoms with E-state index in [2.05, 4.69) is 0 Å². The SMILES string of the molecule is CCC(O)c1ccsc1C(C)C=O. The van der Waals surface area contributed by atoms with Crippen LogP contribution in [0.25, 0.3) is 0 Å². The first-order chi connectivity index (χ1) is 6.20. The maximum atomic E-state index is 10.6. The van der Waals surface area contributed by atoms with E-state index in [9.17, 15) is 9.90 Å². The summed E-state index contributed by atoms with van der Waals surface area (Å²) in [5.41, 5.74) is 0.909. The summed E-state index contributed by atoms with van der Waals surface area (Å²) in [7, 11) is 0. The summed E-state index contributed by atoms with van der Waals surface area (Å²) in [6, 6.07) is 1.90. The van der Waals surface area contributed by atoms with Crippen LogP contribution in [0.4, 0.5) is 0 Å². The molecule has 2 unspecified atom stereocenters. The number of hydrogen-bond donors (Lipinski definition) is 1. The van der Waals surface area contributed by atoms with Gasteiger partial charge in [0.05, 0.1) is 6.10 Å². The first kappa shape index (κ1) is 10.4. The topological polar surface area (TPSA) is 37.3 Å². The lowest BCUT2D eigenvalue weighted by molar-refractivity contribution is -0.108. The second kappa shape index (κ2) is 4.53. The van der Waals surface area contributed by atoms with Gasteiger partial charge >= 0.3 is 0 Å². The highest BCUT2D eigenvalue weighted by atomic mass is 32.1. The van der Waals surface area contributed by atoms with Gasteiger partial charge in [-0.05, 0) is 23.4 Å². The van der Waals surface area contributed by atoms with Crippen molar-refractivity contribution in [3.05, 3.63) is 21.9 Å². The van der Waals surface area contributed by atoms with E-state index in [-0.39, 0.29) is 5.92 Å². The molecule has 0 aliphatic rings. The fraction of sp³-hybridized carbons (Fsp3) is 0.500. The van der Waals surface area contributed by atoms with E-state index >= 15 is 0 Å². The molecule has 1 rings (SSSR count). The summed E-state index contributed by atoms with van der Waals surface area (Å²) in [5.74, 6) is -0.101. The molecular weight excluding hydrogens is 184 g/mol. The number of hydrogen-bond acceptors (Lipinski definition) is 3. The molecule has 0 saturated carbocycles. The number of aliphatic hydroxyl groups excluding tert-OH is 1. The average Bonchev–Trinajstić information content (AvgIpc) is 2.63. The predicted molar refractivity (Wildman–Crippen MR) is 54.0 cm³/mol. The van der Waals surface area contributed by atoms with Crippen LogP contribution < -0.4 is 0 Å². The van der Waals surface area contributed by atoms with Crippen LogP contribution >= 0.6 is 11.3 Å². The molecule has 1 aromatic heterocycles. The molecule has 72 valence electrons.